The summed E-state index contributed by atoms with van der Waals surface area (Å²) in [5.74, 6) is 1.21. The number of methoxy groups -OCH3 is 1. The molecule has 0 saturated carbocycles. The van der Waals surface area contributed by atoms with Crippen molar-refractivity contribution in [1.29, 1.82) is 0 Å². The Morgan fingerprint density at radius 3 is 2.51 bits per heavy atom. The van der Waals surface area contributed by atoms with E-state index >= 15 is 0 Å². The highest BCUT2D eigenvalue weighted by Gasteiger charge is 2.23. The fraction of sp³-hybridized carbons (Fsp3) is 0.360. The first kappa shape index (κ1) is 26.9. The molecule has 3 aromatic rings. The van der Waals surface area contributed by atoms with Crippen molar-refractivity contribution in [2.45, 2.75) is 11.8 Å². The Morgan fingerprint density at radius 2 is 1.81 bits per heavy atom. The van der Waals surface area contributed by atoms with Gasteiger partial charge in [0.2, 0.25) is 16.0 Å². The van der Waals surface area contributed by atoms with Crippen LogP contribution in [-0.2, 0) is 10.0 Å². The number of hydrogen-bond acceptors (Lipinski definition) is 9. The number of hydrogen-bond donors (Lipinski definition) is 2. The topological polar surface area (TPSA) is 103 Å². The van der Waals surface area contributed by atoms with Crippen molar-refractivity contribution in [3.8, 4) is 5.75 Å². The van der Waals surface area contributed by atoms with E-state index in [1.54, 1.807) is 38.3 Å². The summed E-state index contributed by atoms with van der Waals surface area (Å²) in [6, 6.07) is 12.6. The van der Waals surface area contributed by atoms with Gasteiger partial charge in [0.05, 0.1) is 24.7 Å². The van der Waals surface area contributed by atoms with Crippen LogP contribution in [0.1, 0.15) is 6.92 Å². The first-order chi connectivity index (χ1) is 17.7. The van der Waals surface area contributed by atoms with E-state index in [1.807, 2.05) is 18.2 Å². The molecule has 1 aromatic heterocycles. The van der Waals surface area contributed by atoms with Crippen molar-refractivity contribution >= 4 is 50.5 Å². The van der Waals surface area contributed by atoms with Crippen molar-refractivity contribution in [2.75, 3.05) is 69.5 Å². The summed E-state index contributed by atoms with van der Waals surface area (Å²) in [6.07, 6.45) is 1.46. The normalized spacial score (nSPS) is 14.6. The van der Waals surface area contributed by atoms with Gasteiger partial charge in [-0.25, -0.2) is 17.7 Å². The number of para-hydroxylation sites is 1. The number of rotatable bonds is 9. The third-order valence-electron chi connectivity index (χ3n) is 6.32. The van der Waals surface area contributed by atoms with E-state index in [2.05, 4.69) is 37.4 Å². The highest BCUT2D eigenvalue weighted by molar-refractivity contribution is 7.89. The maximum atomic E-state index is 13.0. The van der Waals surface area contributed by atoms with Crippen molar-refractivity contribution in [2.24, 2.45) is 0 Å². The summed E-state index contributed by atoms with van der Waals surface area (Å²) in [6.45, 7) is 6.04. The summed E-state index contributed by atoms with van der Waals surface area (Å²) < 4.78 is 32.9. The van der Waals surface area contributed by atoms with Crippen LogP contribution < -0.4 is 20.3 Å². The van der Waals surface area contributed by atoms with Crippen LogP contribution in [0.4, 0.5) is 28.8 Å². The van der Waals surface area contributed by atoms with Crippen molar-refractivity contribution < 1.29 is 13.2 Å². The number of benzene rings is 2. The molecule has 1 aliphatic rings. The fourth-order valence-electron chi connectivity index (χ4n) is 3.94. The second-order valence-corrected chi connectivity index (χ2v) is 11.2. The highest BCUT2D eigenvalue weighted by Crippen LogP contribution is 2.33. The van der Waals surface area contributed by atoms with Crippen molar-refractivity contribution in [3.63, 3.8) is 0 Å². The molecule has 0 aliphatic carbocycles. The molecule has 2 aromatic carbocycles. The summed E-state index contributed by atoms with van der Waals surface area (Å²) in [5, 5.41) is 6.50. The number of halogens is 1. The molecule has 2 N–H and O–H groups in total. The number of nitrogens with zero attached hydrogens (tertiary/aromatic N) is 5. The Labute approximate surface area is 223 Å². The van der Waals surface area contributed by atoms with E-state index in [-0.39, 0.29) is 21.7 Å². The number of nitrogens with one attached hydrogen (secondary N) is 2. The van der Waals surface area contributed by atoms with E-state index in [9.17, 15) is 8.42 Å². The molecule has 0 unspecified atom stereocenters. The van der Waals surface area contributed by atoms with Crippen molar-refractivity contribution in [3.05, 3.63) is 53.7 Å². The summed E-state index contributed by atoms with van der Waals surface area (Å²) in [7, 11) is 1.59. The van der Waals surface area contributed by atoms with Crippen LogP contribution in [0.5, 0.6) is 5.75 Å². The van der Waals surface area contributed by atoms with E-state index < -0.39 is 10.0 Å². The van der Waals surface area contributed by atoms with Gasteiger partial charge in [0, 0.05) is 51.5 Å². The second-order valence-electron chi connectivity index (χ2n) is 8.73. The fourth-order valence-corrected chi connectivity index (χ4v) is 5.40. The summed E-state index contributed by atoms with van der Waals surface area (Å²) in [5.41, 5.74) is 2.15. The van der Waals surface area contributed by atoms with Gasteiger partial charge in [-0.1, -0.05) is 30.7 Å². The number of sulfonamides is 1. The zero-order valence-corrected chi connectivity index (χ0v) is 23.0. The molecule has 2 heterocycles. The third kappa shape index (κ3) is 6.07. The lowest BCUT2D eigenvalue weighted by Crippen LogP contribution is -2.44. The predicted molar refractivity (Wildman–Crippen MR) is 148 cm³/mol. The maximum Gasteiger partial charge on any atom is 0.244 e. The van der Waals surface area contributed by atoms with Crippen LogP contribution in [0.15, 0.2) is 53.6 Å². The van der Waals surface area contributed by atoms with Crippen LogP contribution in [0.25, 0.3) is 0 Å². The molecule has 198 valence electrons. The molecular formula is C25H32ClN7O3S. The van der Waals surface area contributed by atoms with Crippen LogP contribution >= 0.6 is 11.6 Å². The number of aromatic nitrogens is 2. The first-order valence-electron chi connectivity index (χ1n) is 12.0. The molecule has 0 spiro atoms. The molecule has 0 radical (unpaired) electrons. The minimum absolute atomic E-state index is 0.129. The van der Waals surface area contributed by atoms with Gasteiger partial charge in [-0.2, -0.15) is 4.98 Å². The molecule has 0 bridgehead atoms. The Bertz CT molecular complexity index is 1350. The lowest BCUT2D eigenvalue weighted by molar-refractivity contribution is 0.312. The second kappa shape index (κ2) is 11.5. The van der Waals surface area contributed by atoms with Gasteiger partial charge >= 0.3 is 0 Å². The van der Waals surface area contributed by atoms with Gasteiger partial charge in [0.25, 0.3) is 0 Å². The Hall–Kier alpha value is -3.12. The Balaban J connectivity index is 1.58. The van der Waals surface area contributed by atoms with Gasteiger partial charge in [-0.3, -0.25) is 0 Å². The molecule has 10 nitrogen and oxygen atoms in total. The lowest BCUT2D eigenvalue weighted by atomic mass is 10.2. The molecule has 1 aliphatic heterocycles. The number of ether oxygens (including phenoxy) is 1. The van der Waals surface area contributed by atoms with Crippen LogP contribution in [0, 0.1) is 0 Å². The van der Waals surface area contributed by atoms with Gasteiger partial charge in [0.15, 0.2) is 5.82 Å². The zero-order chi connectivity index (χ0) is 26.6. The summed E-state index contributed by atoms with van der Waals surface area (Å²) in [4.78, 5) is 13.6. The number of anilines is 5. The predicted octanol–water partition coefficient (Wildman–Crippen LogP) is 4.02. The smallest absolute Gasteiger partial charge is 0.244 e. The molecule has 37 heavy (non-hydrogen) atoms. The standard InChI is InChI=1S/C25H32ClN7O3S/c1-5-32(3)37(34,35)23-9-7-6-8-21(23)28-24-19(26)17-27-25(30-24)29-20-11-10-18(16-22(20)36-4)33-14-12-31(2)13-15-33/h6-11,16-17H,5,12-15H2,1-4H3,(H2,27,28,29,30). The molecular weight excluding hydrogens is 514 g/mol. The monoisotopic (exact) mass is 545 g/mol. The van der Waals surface area contributed by atoms with Crippen LogP contribution in [0.2, 0.25) is 5.02 Å². The highest BCUT2D eigenvalue weighted by atomic mass is 35.5. The van der Waals surface area contributed by atoms with Gasteiger partial charge in [-0.05, 0) is 31.3 Å². The first-order valence-corrected chi connectivity index (χ1v) is 13.8. The van der Waals surface area contributed by atoms with E-state index in [0.29, 0.717) is 23.7 Å². The zero-order valence-electron chi connectivity index (χ0n) is 21.4. The van der Waals surface area contributed by atoms with Crippen molar-refractivity contribution in [1.82, 2.24) is 19.2 Å². The average molecular weight is 546 g/mol. The van der Waals surface area contributed by atoms with Gasteiger partial charge < -0.3 is 25.2 Å². The quantitative estimate of drug-likeness (QED) is 0.412. The number of piperazine rings is 1. The summed E-state index contributed by atoms with van der Waals surface area (Å²) >= 11 is 6.37. The van der Waals surface area contributed by atoms with Crippen LogP contribution in [-0.4, -0.2) is 81.5 Å². The third-order valence-corrected chi connectivity index (χ3v) is 8.59. The lowest BCUT2D eigenvalue weighted by Gasteiger charge is -2.34. The Morgan fingerprint density at radius 1 is 1.08 bits per heavy atom. The molecule has 1 saturated heterocycles. The SMILES string of the molecule is CCN(C)S(=O)(=O)c1ccccc1Nc1nc(Nc2ccc(N3CCN(C)CC3)cc2OC)ncc1Cl. The van der Waals surface area contributed by atoms with Crippen LogP contribution in [0.3, 0.4) is 0 Å². The maximum absolute atomic E-state index is 13.0. The minimum Gasteiger partial charge on any atom is -0.494 e. The minimum atomic E-state index is -3.69. The van der Waals surface area contributed by atoms with Gasteiger partial charge in [-0.15, -0.1) is 0 Å². The average Bonchev–Trinajstić information content (AvgIpc) is 2.91. The molecule has 12 heteroatoms. The van der Waals surface area contributed by atoms with E-state index in [1.165, 1.54) is 17.5 Å². The molecule has 4 rings (SSSR count). The Kier molecular flexibility index (Phi) is 8.38. The molecule has 0 atom stereocenters. The number of likely N-dealkylation sites (N-methyl/N-ethyl adjacent to an activating group) is 1. The van der Waals surface area contributed by atoms with E-state index in [4.69, 9.17) is 16.3 Å². The van der Waals surface area contributed by atoms with E-state index in [0.717, 1.165) is 31.9 Å². The molecule has 1 fully saturated rings. The molecule has 0 amide bonds. The van der Waals surface area contributed by atoms with Gasteiger partial charge in [0.1, 0.15) is 15.7 Å². The largest absolute Gasteiger partial charge is 0.494 e.